The zero-order valence-corrected chi connectivity index (χ0v) is 10.0. The Bertz CT molecular complexity index is 577. The molecule has 1 heterocycles. The van der Waals surface area contributed by atoms with Crippen molar-refractivity contribution in [3.05, 3.63) is 57.4 Å². The summed E-state index contributed by atoms with van der Waals surface area (Å²) in [4.78, 5) is 10.5. The Morgan fingerprint density at radius 3 is 2.89 bits per heavy atom. The lowest BCUT2D eigenvalue weighted by Crippen LogP contribution is -2.04. The Kier molecular flexibility index (Phi) is 3.38. The van der Waals surface area contributed by atoms with Crippen LogP contribution in [0.2, 0.25) is 0 Å². The van der Waals surface area contributed by atoms with Crippen LogP contribution in [0.3, 0.4) is 0 Å². The molecular formula is C12H14N4O2. The summed E-state index contributed by atoms with van der Waals surface area (Å²) < 4.78 is 1.73. The van der Waals surface area contributed by atoms with Gasteiger partial charge in [0.1, 0.15) is 0 Å². The van der Waals surface area contributed by atoms with Crippen molar-refractivity contribution in [2.24, 2.45) is 5.73 Å². The predicted molar refractivity (Wildman–Crippen MR) is 67.1 cm³/mol. The zero-order valence-electron chi connectivity index (χ0n) is 10.0. The van der Waals surface area contributed by atoms with Gasteiger partial charge in [-0.15, -0.1) is 0 Å². The first-order chi connectivity index (χ1) is 8.61. The second-order valence-corrected chi connectivity index (χ2v) is 4.07. The summed E-state index contributed by atoms with van der Waals surface area (Å²) in [6, 6.07) is 5.06. The maximum atomic E-state index is 10.8. The molecule has 0 aliphatic heterocycles. The molecule has 0 unspecified atom stereocenters. The molecule has 6 nitrogen and oxygen atoms in total. The monoisotopic (exact) mass is 246 g/mol. The van der Waals surface area contributed by atoms with E-state index in [1.165, 1.54) is 6.07 Å². The maximum absolute atomic E-state index is 10.8. The number of nitro groups is 1. The van der Waals surface area contributed by atoms with Crippen LogP contribution in [-0.2, 0) is 13.1 Å². The minimum atomic E-state index is -0.368. The molecule has 0 aliphatic rings. The molecule has 0 atom stereocenters. The zero-order chi connectivity index (χ0) is 13.1. The minimum Gasteiger partial charge on any atom is -0.326 e. The van der Waals surface area contributed by atoms with Gasteiger partial charge in [0.25, 0.3) is 5.69 Å². The lowest BCUT2D eigenvalue weighted by atomic mass is 10.1. The normalized spacial score (nSPS) is 10.6. The lowest BCUT2D eigenvalue weighted by molar-refractivity contribution is -0.385. The van der Waals surface area contributed by atoms with Crippen LogP contribution < -0.4 is 5.73 Å². The number of hydrogen-bond donors (Lipinski definition) is 1. The summed E-state index contributed by atoms with van der Waals surface area (Å²) in [6.45, 7) is 2.70. The maximum Gasteiger partial charge on any atom is 0.272 e. The van der Waals surface area contributed by atoms with E-state index in [0.717, 1.165) is 11.1 Å². The number of nitrogens with zero attached hydrogens (tertiary/aromatic N) is 3. The van der Waals surface area contributed by atoms with Gasteiger partial charge in [-0.1, -0.05) is 12.1 Å². The number of nitrogens with two attached hydrogens (primary N) is 1. The molecule has 0 amide bonds. The molecule has 6 heteroatoms. The molecule has 0 bridgehead atoms. The smallest absolute Gasteiger partial charge is 0.272 e. The molecular weight excluding hydrogens is 232 g/mol. The highest BCUT2D eigenvalue weighted by Gasteiger charge is 2.13. The molecule has 2 N–H and O–H groups in total. The van der Waals surface area contributed by atoms with Gasteiger partial charge >= 0.3 is 0 Å². The number of benzene rings is 1. The van der Waals surface area contributed by atoms with Crippen molar-refractivity contribution in [3.63, 3.8) is 0 Å². The van der Waals surface area contributed by atoms with Crippen molar-refractivity contribution >= 4 is 5.69 Å². The van der Waals surface area contributed by atoms with Crippen molar-refractivity contribution in [1.29, 1.82) is 0 Å². The van der Waals surface area contributed by atoms with Gasteiger partial charge in [-0.2, -0.15) is 5.10 Å². The first kappa shape index (κ1) is 12.3. The van der Waals surface area contributed by atoms with Gasteiger partial charge in [-0.05, 0) is 12.5 Å². The molecule has 2 rings (SSSR count). The van der Waals surface area contributed by atoms with Crippen LogP contribution in [-0.4, -0.2) is 14.7 Å². The summed E-state index contributed by atoms with van der Waals surface area (Å²) in [7, 11) is 0. The van der Waals surface area contributed by atoms with Crippen LogP contribution in [0.1, 0.15) is 16.7 Å². The average molecular weight is 246 g/mol. The Labute approximate surface area is 104 Å². The van der Waals surface area contributed by atoms with Crippen LogP contribution in [0.15, 0.2) is 30.6 Å². The summed E-state index contributed by atoms with van der Waals surface area (Å²) in [5, 5.41) is 15.0. The van der Waals surface area contributed by atoms with Crippen LogP contribution in [0.25, 0.3) is 0 Å². The topological polar surface area (TPSA) is 87.0 Å². The largest absolute Gasteiger partial charge is 0.326 e. The standard InChI is InChI=1S/C12H14N4O2/c1-9-11(3-2-4-12(9)16(17)18)8-15-7-10(5-13)6-14-15/h2-4,6-7H,5,8,13H2,1H3. The van der Waals surface area contributed by atoms with Crippen molar-refractivity contribution in [2.75, 3.05) is 0 Å². The van der Waals surface area contributed by atoms with E-state index in [4.69, 9.17) is 5.73 Å². The molecule has 0 aliphatic carbocycles. The van der Waals surface area contributed by atoms with Crippen LogP contribution in [0, 0.1) is 17.0 Å². The summed E-state index contributed by atoms with van der Waals surface area (Å²) >= 11 is 0. The highest BCUT2D eigenvalue weighted by atomic mass is 16.6. The number of rotatable bonds is 4. The van der Waals surface area contributed by atoms with E-state index in [2.05, 4.69) is 5.10 Å². The minimum absolute atomic E-state index is 0.138. The molecule has 1 aromatic heterocycles. The van der Waals surface area contributed by atoms with E-state index in [9.17, 15) is 10.1 Å². The fraction of sp³-hybridized carbons (Fsp3) is 0.250. The molecule has 0 spiro atoms. The first-order valence-electron chi connectivity index (χ1n) is 5.56. The highest BCUT2D eigenvalue weighted by molar-refractivity contribution is 5.44. The number of aromatic nitrogens is 2. The fourth-order valence-corrected chi connectivity index (χ4v) is 1.81. The van der Waals surface area contributed by atoms with Crippen LogP contribution in [0.4, 0.5) is 5.69 Å². The van der Waals surface area contributed by atoms with E-state index in [1.54, 1.807) is 23.9 Å². The third-order valence-corrected chi connectivity index (χ3v) is 2.87. The van der Waals surface area contributed by atoms with Gasteiger partial charge in [0.15, 0.2) is 0 Å². The molecule has 0 saturated heterocycles. The third-order valence-electron chi connectivity index (χ3n) is 2.87. The van der Waals surface area contributed by atoms with E-state index in [1.807, 2.05) is 12.3 Å². The molecule has 0 radical (unpaired) electrons. The van der Waals surface area contributed by atoms with E-state index < -0.39 is 0 Å². The second-order valence-electron chi connectivity index (χ2n) is 4.07. The molecule has 1 aromatic carbocycles. The Morgan fingerprint density at radius 1 is 1.50 bits per heavy atom. The van der Waals surface area contributed by atoms with Gasteiger partial charge in [-0.25, -0.2) is 0 Å². The Balaban J connectivity index is 2.29. The Morgan fingerprint density at radius 2 is 2.28 bits per heavy atom. The quantitative estimate of drug-likeness (QED) is 0.655. The van der Waals surface area contributed by atoms with Gasteiger partial charge in [0.2, 0.25) is 0 Å². The molecule has 18 heavy (non-hydrogen) atoms. The van der Waals surface area contributed by atoms with Gasteiger partial charge in [-0.3, -0.25) is 14.8 Å². The predicted octanol–water partition coefficient (Wildman–Crippen LogP) is 1.61. The van der Waals surface area contributed by atoms with Crippen molar-refractivity contribution < 1.29 is 4.92 Å². The van der Waals surface area contributed by atoms with Gasteiger partial charge in [0.05, 0.1) is 17.7 Å². The van der Waals surface area contributed by atoms with Crippen LogP contribution >= 0.6 is 0 Å². The summed E-state index contributed by atoms with van der Waals surface area (Å²) in [5.74, 6) is 0. The lowest BCUT2D eigenvalue weighted by Gasteiger charge is -2.06. The first-order valence-corrected chi connectivity index (χ1v) is 5.56. The second kappa shape index (κ2) is 4.97. The average Bonchev–Trinajstić information content (AvgIpc) is 2.79. The van der Waals surface area contributed by atoms with Crippen molar-refractivity contribution in [2.45, 2.75) is 20.0 Å². The molecule has 94 valence electrons. The number of nitro benzene ring substituents is 1. The van der Waals surface area contributed by atoms with Crippen LogP contribution in [0.5, 0.6) is 0 Å². The highest BCUT2D eigenvalue weighted by Crippen LogP contribution is 2.21. The van der Waals surface area contributed by atoms with E-state index in [0.29, 0.717) is 18.7 Å². The Hall–Kier alpha value is -2.21. The van der Waals surface area contributed by atoms with E-state index in [-0.39, 0.29) is 10.6 Å². The fourth-order valence-electron chi connectivity index (χ4n) is 1.81. The van der Waals surface area contributed by atoms with Gasteiger partial charge in [0, 0.05) is 29.9 Å². The van der Waals surface area contributed by atoms with Crippen molar-refractivity contribution in [1.82, 2.24) is 9.78 Å². The number of hydrogen-bond acceptors (Lipinski definition) is 4. The third kappa shape index (κ3) is 2.38. The molecule has 2 aromatic rings. The van der Waals surface area contributed by atoms with Gasteiger partial charge < -0.3 is 5.73 Å². The molecule has 0 saturated carbocycles. The summed E-state index contributed by atoms with van der Waals surface area (Å²) in [5.41, 5.74) is 8.15. The van der Waals surface area contributed by atoms with E-state index >= 15 is 0 Å². The van der Waals surface area contributed by atoms with Crippen molar-refractivity contribution in [3.8, 4) is 0 Å². The SMILES string of the molecule is Cc1c(Cn2cc(CN)cn2)cccc1[N+](=O)[O-]. The molecule has 0 fully saturated rings. The summed E-state index contributed by atoms with van der Waals surface area (Å²) in [6.07, 6.45) is 3.55.